The third-order valence-corrected chi connectivity index (χ3v) is 4.40. The van der Waals surface area contributed by atoms with Gasteiger partial charge in [-0.1, -0.05) is 27.2 Å². The molecule has 2 rings (SSSR count). The van der Waals surface area contributed by atoms with Crippen LogP contribution in [0.15, 0.2) is 24.5 Å². The van der Waals surface area contributed by atoms with Gasteiger partial charge < -0.3 is 4.74 Å². The number of pyridine rings is 1. The third-order valence-electron chi connectivity index (χ3n) is 4.40. The Hall–Kier alpha value is -1.38. The van der Waals surface area contributed by atoms with Crippen molar-refractivity contribution in [3.63, 3.8) is 0 Å². The van der Waals surface area contributed by atoms with E-state index >= 15 is 0 Å². The first-order chi connectivity index (χ1) is 9.47. The molecule has 0 radical (unpaired) electrons. The van der Waals surface area contributed by atoms with Gasteiger partial charge in [0.15, 0.2) is 12.4 Å². The van der Waals surface area contributed by atoms with E-state index in [2.05, 4.69) is 20.8 Å². The number of nitrogens with zero attached hydrogens (tertiary/aromatic N) is 1. The molecule has 3 nitrogen and oxygen atoms in total. The summed E-state index contributed by atoms with van der Waals surface area (Å²) in [5.41, 5.74) is 0.635. The lowest BCUT2D eigenvalue weighted by Gasteiger charge is -2.36. The van der Waals surface area contributed by atoms with Crippen molar-refractivity contribution in [2.24, 2.45) is 24.8 Å². The smallest absolute Gasteiger partial charge is 0.344 e. The monoisotopic (exact) mass is 276 g/mol. The van der Waals surface area contributed by atoms with Crippen molar-refractivity contribution in [3.05, 3.63) is 30.1 Å². The Balaban J connectivity index is 2.08. The number of carbonyl (C=O) groups excluding carboxylic acids is 1. The number of aromatic nitrogens is 1. The lowest BCUT2D eigenvalue weighted by atomic mass is 9.75. The van der Waals surface area contributed by atoms with Gasteiger partial charge in [0.1, 0.15) is 18.7 Å². The van der Waals surface area contributed by atoms with Crippen LogP contribution in [0.4, 0.5) is 0 Å². The molecule has 110 valence electrons. The average molecular weight is 276 g/mol. The molecule has 3 atom stereocenters. The predicted octanol–water partition coefficient (Wildman–Crippen LogP) is 3.13. The molecule has 0 saturated heterocycles. The van der Waals surface area contributed by atoms with E-state index in [4.69, 9.17) is 4.74 Å². The van der Waals surface area contributed by atoms with E-state index < -0.39 is 0 Å². The van der Waals surface area contributed by atoms with Gasteiger partial charge in [0.25, 0.3) is 0 Å². The van der Waals surface area contributed by atoms with Crippen LogP contribution in [0.5, 0.6) is 0 Å². The molecule has 0 amide bonds. The highest BCUT2D eigenvalue weighted by Gasteiger charge is 2.33. The Morgan fingerprint density at radius 1 is 1.40 bits per heavy atom. The molecule has 0 N–H and O–H groups in total. The topological polar surface area (TPSA) is 30.2 Å². The minimum absolute atomic E-state index is 0.0664. The van der Waals surface area contributed by atoms with E-state index in [1.54, 1.807) is 0 Å². The van der Waals surface area contributed by atoms with Crippen LogP contribution in [-0.2, 0) is 11.8 Å². The van der Waals surface area contributed by atoms with Crippen LogP contribution in [0.2, 0.25) is 0 Å². The molecule has 1 aromatic rings. The van der Waals surface area contributed by atoms with Crippen LogP contribution in [-0.4, -0.2) is 12.1 Å². The van der Waals surface area contributed by atoms with Crippen LogP contribution in [0.1, 0.15) is 50.4 Å². The van der Waals surface area contributed by atoms with Crippen molar-refractivity contribution in [2.75, 3.05) is 0 Å². The molecule has 3 heteroatoms. The molecule has 1 saturated carbocycles. The van der Waals surface area contributed by atoms with E-state index in [1.807, 2.05) is 36.1 Å². The van der Waals surface area contributed by atoms with Gasteiger partial charge >= 0.3 is 5.97 Å². The molecule has 1 heterocycles. The second-order valence-corrected chi connectivity index (χ2v) is 6.53. The van der Waals surface area contributed by atoms with Gasteiger partial charge in [-0.25, -0.2) is 9.36 Å². The fourth-order valence-electron chi connectivity index (χ4n) is 3.16. The van der Waals surface area contributed by atoms with E-state index in [0.29, 0.717) is 23.3 Å². The number of aryl methyl sites for hydroxylation is 1. The summed E-state index contributed by atoms with van der Waals surface area (Å²) in [6, 6.07) is 3.69. The molecule has 0 aliphatic heterocycles. The van der Waals surface area contributed by atoms with E-state index in [1.165, 1.54) is 12.8 Å². The lowest BCUT2D eigenvalue weighted by molar-refractivity contribution is -0.671. The number of hydrogen-bond donors (Lipinski definition) is 0. The summed E-state index contributed by atoms with van der Waals surface area (Å²) in [6.45, 7) is 6.70. The molecule has 0 bridgehead atoms. The summed E-state index contributed by atoms with van der Waals surface area (Å²) in [4.78, 5) is 12.3. The molecule has 1 fully saturated rings. The maximum atomic E-state index is 12.3. The molecule has 0 aromatic carbocycles. The van der Waals surface area contributed by atoms with Crippen LogP contribution >= 0.6 is 0 Å². The first-order valence-corrected chi connectivity index (χ1v) is 7.63. The average Bonchev–Trinajstić information content (AvgIpc) is 2.38. The van der Waals surface area contributed by atoms with E-state index in [9.17, 15) is 4.79 Å². The summed E-state index contributed by atoms with van der Waals surface area (Å²) in [6.07, 6.45) is 7.20. The van der Waals surface area contributed by atoms with Crippen LogP contribution in [0.3, 0.4) is 0 Å². The molecule has 1 aliphatic carbocycles. The van der Waals surface area contributed by atoms with Crippen LogP contribution in [0.25, 0.3) is 0 Å². The minimum atomic E-state index is -0.189. The molecular formula is C17H26NO2+. The highest BCUT2D eigenvalue weighted by molar-refractivity contribution is 5.88. The highest BCUT2D eigenvalue weighted by atomic mass is 16.5. The predicted molar refractivity (Wildman–Crippen MR) is 78.2 cm³/mol. The van der Waals surface area contributed by atoms with Crippen molar-refractivity contribution >= 4 is 5.97 Å². The fraction of sp³-hybridized carbons (Fsp3) is 0.647. The lowest BCUT2D eigenvalue weighted by Crippen LogP contribution is -2.36. The number of hydrogen-bond acceptors (Lipinski definition) is 2. The number of esters is 1. The van der Waals surface area contributed by atoms with Crippen LogP contribution < -0.4 is 4.57 Å². The van der Waals surface area contributed by atoms with Crippen molar-refractivity contribution in [1.82, 2.24) is 0 Å². The number of carbonyl (C=O) groups is 1. The second-order valence-electron chi connectivity index (χ2n) is 6.53. The first-order valence-electron chi connectivity index (χ1n) is 7.63. The standard InChI is InChI=1S/C17H26NO2/c1-12(2)15-8-7-13(3)10-16(15)20-17(19)14-6-5-9-18(4)11-14/h5-6,9,11-13,15-16H,7-8,10H2,1-4H3/q+1. The normalized spacial score (nSPS) is 26.6. The van der Waals surface area contributed by atoms with Gasteiger partial charge in [-0.2, -0.15) is 0 Å². The van der Waals surface area contributed by atoms with Crippen molar-refractivity contribution < 1.29 is 14.1 Å². The zero-order chi connectivity index (χ0) is 14.7. The zero-order valence-corrected chi connectivity index (χ0v) is 13.0. The Bertz CT molecular complexity index is 470. The van der Waals surface area contributed by atoms with Gasteiger partial charge in [-0.05, 0) is 36.7 Å². The SMILES string of the molecule is CC1CCC(C(C)C)C(OC(=O)c2ccc[n+](C)c2)C1. The van der Waals surface area contributed by atoms with Crippen molar-refractivity contribution in [3.8, 4) is 0 Å². The van der Waals surface area contributed by atoms with Crippen molar-refractivity contribution in [2.45, 2.75) is 46.1 Å². The van der Waals surface area contributed by atoms with Gasteiger partial charge in [0.05, 0.1) is 0 Å². The molecule has 20 heavy (non-hydrogen) atoms. The third kappa shape index (κ3) is 3.59. The Morgan fingerprint density at radius 2 is 2.15 bits per heavy atom. The Morgan fingerprint density at radius 3 is 2.80 bits per heavy atom. The summed E-state index contributed by atoms with van der Waals surface area (Å²) < 4.78 is 7.70. The number of ether oxygens (including phenoxy) is 1. The maximum absolute atomic E-state index is 12.3. The summed E-state index contributed by atoms with van der Waals surface area (Å²) in [5.74, 6) is 1.51. The Kier molecular flexibility index (Phi) is 4.79. The van der Waals surface area contributed by atoms with Crippen molar-refractivity contribution in [1.29, 1.82) is 0 Å². The maximum Gasteiger partial charge on any atom is 0.344 e. The Labute approximate surface area is 122 Å². The van der Waals surface area contributed by atoms with Crippen LogP contribution in [0, 0.1) is 17.8 Å². The quantitative estimate of drug-likeness (QED) is 0.627. The van der Waals surface area contributed by atoms with E-state index in [0.717, 1.165) is 6.42 Å². The second kappa shape index (κ2) is 6.38. The van der Waals surface area contributed by atoms with E-state index in [-0.39, 0.29) is 12.1 Å². The summed E-state index contributed by atoms with van der Waals surface area (Å²) in [7, 11) is 1.91. The summed E-state index contributed by atoms with van der Waals surface area (Å²) in [5, 5.41) is 0. The molecule has 1 aromatic heterocycles. The molecule has 3 unspecified atom stereocenters. The largest absolute Gasteiger partial charge is 0.458 e. The van der Waals surface area contributed by atoms with Gasteiger partial charge in [0.2, 0.25) is 0 Å². The first kappa shape index (κ1) is 15.0. The molecular weight excluding hydrogens is 250 g/mol. The van der Waals surface area contributed by atoms with Gasteiger partial charge in [-0.15, -0.1) is 0 Å². The van der Waals surface area contributed by atoms with Gasteiger partial charge in [0, 0.05) is 6.07 Å². The zero-order valence-electron chi connectivity index (χ0n) is 13.0. The summed E-state index contributed by atoms with van der Waals surface area (Å²) >= 11 is 0. The number of rotatable bonds is 3. The molecule has 0 spiro atoms. The molecule has 1 aliphatic rings. The minimum Gasteiger partial charge on any atom is -0.458 e. The fourth-order valence-corrected chi connectivity index (χ4v) is 3.16. The van der Waals surface area contributed by atoms with Gasteiger partial charge in [-0.3, -0.25) is 0 Å². The highest BCUT2D eigenvalue weighted by Crippen LogP contribution is 2.35.